The number of pyridine rings is 1. The van der Waals surface area contributed by atoms with Gasteiger partial charge >= 0.3 is 0 Å². The second-order valence-corrected chi connectivity index (χ2v) is 4.15. The third-order valence-electron chi connectivity index (χ3n) is 2.71. The maximum absolute atomic E-state index is 11.5. The molecule has 1 fully saturated rings. The lowest BCUT2D eigenvalue weighted by molar-refractivity contribution is -0.134. The molecule has 1 unspecified atom stereocenters. The van der Waals surface area contributed by atoms with Crippen LogP contribution in [0.25, 0.3) is 0 Å². The van der Waals surface area contributed by atoms with Crippen LogP contribution in [0.5, 0.6) is 0 Å². The van der Waals surface area contributed by atoms with Gasteiger partial charge in [0.05, 0.1) is 11.7 Å². The lowest BCUT2D eigenvalue weighted by Gasteiger charge is -2.21. The van der Waals surface area contributed by atoms with Crippen LogP contribution in [0.4, 0.5) is 0 Å². The second-order valence-electron chi connectivity index (χ2n) is 4.15. The first-order valence-corrected chi connectivity index (χ1v) is 5.65. The molecule has 2 heterocycles. The van der Waals surface area contributed by atoms with Gasteiger partial charge in [0.1, 0.15) is 0 Å². The molecule has 0 aromatic carbocycles. The molecule has 0 bridgehead atoms. The van der Waals surface area contributed by atoms with E-state index in [0.29, 0.717) is 19.4 Å². The van der Waals surface area contributed by atoms with Crippen molar-refractivity contribution in [2.24, 2.45) is 0 Å². The highest BCUT2D eigenvalue weighted by atomic mass is 16.2. The first kappa shape index (κ1) is 11.7. The standard InChI is InChI=1S/C12H15N3O2/c1-8-3-2-4-9(14-8)7-13-10-5-6-11(16)15-12(10)17/h2-4,10,13H,5-7H2,1H3,(H,15,16,17). The smallest absolute Gasteiger partial charge is 0.243 e. The van der Waals surface area contributed by atoms with Crippen LogP contribution in [0.2, 0.25) is 0 Å². The molecule has 5 nitrogen and oxygen atoms in total. The molecular weight excluding hydrogens is 218 g/mol. The predicted molar refractivity (Wildman–Crippen MR) is 62.0 cm³/mol. The van der Waals surface area contributed by atoms with Crippen molar-refractivity contribution in [1.82, 2.24) is 15.6 Å². The Kier molecular flexibility index (Phi) is 3.49. The van der Waals surface area contributed by atoms with E-state index in [2.05, 4.69) is 15.6 Å². The maximum atomic E-state index is 11.5. The van der Waals surface area contributed by atoms with E-state index >= 15 is 0 Å². The lowest BCUT2D eigenvalue weighted by atomic mass is 10.1. The van der Waals surface area contributed by atoms with Crippen LogP contribution >= 0.6 is 0 Å². The number of nitrogens with zero attached hydrogens (tertiary/aromatic N) is 1. The third kappa shape index (κ3) is 3.10. The van der Waals surface area contributed by atoms with E-state index in [1.807, 2.05) is 25.1 Å². The lowest BCUT2D eigenvalue weighted by Crippen LogP contribution is -2.50. The largest absolute Gasteiger partial charge is 0.300 e. The van der Waals surface area contributed by atoms with Crippen molar-refractivity contribution in [3.05, 3.63) is 29.6 Å². The summed E-state index contributed by atoms with van der Waals surface area (Å²) in [5, 5.41) is 5.42. The molecule has 2 amide bonds. The van der Waals surface area contributed by atoms with Gasteiger partial charge in [-0.25, -0.2) is 0 Å². The summed E-state index contributed by atoms with van der Waals surface area (Å²) in [6.45, 7) is 2.46. The normalized spacial score (nSPS) is 20.2. The van der Waals surface area contributed by atoms with Gasteiger partial charge in [0.25, 0.3) is 0 Å². The van der Waals surface area contributed by atoms with Crippen LogP contribution < -0.4 is 10.6 Å². The summed E-state index contributed by atoms with van der Waals surface area (Å²) in [5.41, 5.74) is 1.85. The number of hydrogen-bond acceptors (Lipinski definition) is 4. The molecule has 0 radical (unpaired) electrons. The van der Waals surface area contributed by atoms with E-state index in [0.717, 1.165) is 11.4 Å². The van der Waals surface area contributed by atoms with E-state index in [1.165, 1.54) is 0 Å². The van der Waals surface area contributed by atoms with Crippen LogP contribution in [0.15, 0.2) is 18.2 Å². The molecule has 0 saturated carbocycles. The summed E-state index contributed by atoms with van der Waals surface area (Å²) in [5.74, 6) is -0.435. The minimum absolute atomic E-state index is 0.193. The van der Waals surface area contributed by atoms with Gasteiger partial charge in [-0.15, -0.1) is 0 Å². The van der Waals surface area contributed by atoms with E-state index in [-0.39, 0.29) is 17.9 Å². The molecule has 1 aliphatic heterocycles. The molecule has 5 heteroatoms. The van der Waals surface area contributed by atoms with Crippen molar-refractivity contribution in [2.75, 3.05) is 0 Å². The molecule has 1 saturated heterocycles. The Bertz CT molecular complexity index is 445. The number of carbonyl (C=O) groups is 2. The number of amides is 2. The number of carbonyl (C=O) groups excluding carboxylic acids is 2. The summed E-state index contributed by atoms with van der Waals surface area (Å²) in [6, 6.07) is 5.47. The van der Waals surface area contributed by atoms with Gasteiger partial charge in [-0.2, -0.15) is 0 Å². The monoisotopic (exact) mass is 233 g/mol. The van der Waals surface area contributed by atoms with Crippen LogP contribution in [0, 0.1) is 6.92 Å². The number of hydrogen-bond donors (Lipinski definition) is 2. The van der Waals surface area contributed by atoms with E-state index in [4.69, 9.17) is 0 Å². The number of aromatic nitrogens is 1. The average Bonchev–Trinajstić information content (AvgIpc) is 2.28. The third-order valence-corrected chi connectivity index (χ3v) is 2.71. The zero-order chi connectivity index (χ0) is 12.3. The predicted octanol–water partition coefficient (Wildman–Crippen LogP) is 0.285. The van der Waals surface area contributed by atoms with Crippen LogP contribution in [0.3, 0.4) is 0 Å². The van der Waals surface area contributed by atoms with Crippen LogP contribution in [0.1, 0.15) is 24.2 Å². The van der Waals surface area contributed by atoms with Crippen molar-refractivity contribution in [3.63, 3.8) is 0 Å². The summed E-state index contributed by atoms with van der Waals surface area (Å²) in [7, 11) is 0. The molecule has 1 atom stereocenters. The van der Waals surface area contributed by atoms with E-state index in [9.17, 15) is 9.59 Å². The minimum atomic E-state index is -0.296. The van der Waals surface area contributed by atoms with Gasteiger partial charge < -0.3 is 5.32 Å². The van der Waals surface area contributed by atoms with Crippen molar-refractivity contribution in [3.8, 4) is 0 Å². The molecule has 17 heavy (non-hydrogen) atoms. The number of aryl methyl sites for hydroxylation is 1. The molecule has 90 valence electrons. The average molecular weight is 233 g/mol. The van der Waals surface area contributed by atoms with Crippen LogP contribution in [-0.2, 0) is 16.1 Å². The number of imide groups is 1. The Balaban J connectivity index is 1.90. The van der Waals surface area contributed by atoms with Crippen molar-refractivity contribution < 1.29 is 9.59 Å². The zero-order valence-electron chi connectivity index (χ0n) is 9.69. The number of rotatable bonds is 3. The van der Waals surface area contributed by atoms with Gasteiger partial charge in [-0.05, 0) is 25.5 Å². The Morgan fingerprint density at radius 3 is 3.00 bits per heavy atom. The molecule has 2 N–H and O–H groups in total. The summed E-state index contributed by atoms with van der Waals surface area (Å²) in [4.78, 5) is 26.8. The fraction of sp³-hybridized carbons (Fsp3) is 0.417. The zero-order valence-corrected chi connectivity index (χ0v) is 9.69. The van der Waals surface area contributed by atoms with E-state index in [1.54, 1.807) is 0 Å². The molecule has 1 aromatic heterocycles. The summed E-state index contributed by atoms with van der Waals surface area (Å²) in [6.07, 6.45) is 0.946. The summed E-state index contributed by atoms with van der Waals surface area (Å²) >= 11 is 0. The molecule has 1 aliphatic rings. The van der Waals surface area contributed by atoms with Crippen molar-refractivity contribution in [2.45, 2.75) is 32.4 Å². The number of nitrogens with one attached hydrogen (secondary N) is 2. The van der Waals surface area contributed by atoms with Crippen molar-refractivity contribution in [1.29, 1.82) is 0 Å². The molecule has 0 aliphatic carbocycles. The summed E-state index contributed by atoms with van der Waals surface area (Å²) < 4.78 is 0. The highest BCUT2D eigenvalue weighted by Gasteiger charge is 2.25. The first-order valence-electron chi connectivity index (χ1n) is 5.65. The molecule has 0 spiro atoms. The molecular formula is C12H15N3O2. The van der Waals surface area contributed by atoms with Gasteiger partial charge in [0.2, 0.25) is 11.8 Å². The highest BCUT2D eigenvalue weighted by molar-refractivity contribution is 6.00. The molecule has 1 aromatic rings. The van der Waals surface area contributed by atoms with Gasteiger partial charge in [0.15, 0.2) is 0 Å². The Morgan fingerprint density at radius 1 is 1.47 bits per heavy atom. The second kappa shape index (κ2) is 5.05. The minimum Gasteiger partial charge on any atom is -0.300 e. The SMILES string of the molecule is Cc1cccc(CNC2CCC(=O)NC2=O)n1. The fourth-order valence-corrected chi connectivity index (χ4v) is 1.81. The maximum Gasteiger partial charge on any atom is 0.243 e. The molecule has 2 rings (SSSR count). The Morgan fingerprint density at radius 2 is 2.29 bits per heavy atom. The van der Waals surface area contributed by atoms with Gasteiger partial charge in [-0.3, -0.25) is 19.9 Å². The van der Waals surface area contributed by atoms with Gasteiger partial charge in [0, 0.05) is 18.7 Å². The Labute approximate surface area is 99.6 Å². The highest BCUT2D eigenvalue weighted by Crippen LogP contribution is 2.05. The number of piperidine rings is 1. The van der Waals surface area contributed by atoms with Crippen LogP contribution in [-0.4, -0.2) is 22.8 Å². The van der Waals surface area contributed by atoms with Gasteiger partial charge in [-0.1, -0.05) is 6.07 Å². The topological polar surface area (TPSA) is 71.1 Å². The quantitative estimate of drug-likeness (QED) is 0.736. The van der Waals surface area contributed by atoms with E-state index < -0.39 is 0 Å². The first-order chi connectivity index (χ1) is 8.15. The van der Waals surface area contributed by atoms with Crippen molar-refractivity contribution >= 4 is 11.8 Å². The fourth-order valence-electron chi connectivity index (χ4n) is 1.81. The Hall–Kier alpha value is -1.75.